The summed E-state index contributed by atoms with van der Waals surface area (Å²) in [6.07, 6.45) is -0.0768. The van der Waals surface area contributed by atoms with Crippen molar-refractivity contribution in [1.82, 2.24) is 5.32 Å². The summed E-state index contributed by atoms with van der Waals surface area (Å²) in [7, 11) is 0. The van der Waals surface area contributed by atoms with Crippen LogP contribution in [0.1, 0.15) is 41.6 Å². The summed E-state index contributed by atoms with van der Waals surface area (Å²) in [4.78, 5) is 38.9. The Labute approximate surface area is 182 Å². The Morgan fingerprint density at radius 3 is 2.31 bits per heavy atom. The number of ketones is 1. The Kier molecular flexibility index (Phi) is 5.77. The fraction of sp³-hybridized carbons (Fsp3) is 0.348. The Balaban J connectivity index is 1.90. The van der Waals surface area contributed by atoms with Gasteiger partial charge in [-0.3, -0.25) is 19.3 Å². The number of carbonyl (C=O) groups excluding carboxylic acids is 2. The Hall–Kier alpha value is -3.20. The van der Waals surface area contributed by atoms with Crippen LogP contribution >= 0.6 is 0 Å². The topological polar surface area (TPSA) is 86.7 Å². The van der Waals surface area contributed by atoms with Gasteiger partial charge < -0.3 is 10.4 Å². The molecule has 2 heterocycles. The number of nitrogens with zero attached hydrogens (tertiary/aromatic N) is 1. The second-order valence-electron chi connectivity index (χ2n) is 8.10. The van der Waals surface area contributed by atoms with E-state index in [0.29, 0.717) is 31.5 Å². The van der Waals surface area contributed by atoms with E-state index in [1.165, 1.54) is 12.1 Å². The van der Waals surface area contributed by atoms with E-state index in [9.17, 15) is 27.6 Å². The van der Waals surface area contributed by atoms with E-state index < -0.39 is 58.6 Å². The van der Waals surface area contributed by atoms with Crippen LogP contribution in [0.2, 0.25) is 0 Å². The molecular weight excluding hydrogens is 425 g/mol. The van der Waals surface area contributed by atoms with Crippen LogP contribution in [0, 0.1) is 17.5 Å². The number of halogens is 3. The number of rotatable bonds is 5. The van der Waals surface area contributed by atoms with Gasteiger partial charge in [-0.05, 0) is 61.8 Å². The largest absolute Gasteiger partial charge is 0.481 e. The van der Waals surface area contributed by atoms with Crippen molar-refractivity contribution in [3.05, 3.63) is 65.0 Å². The first-order valence-corrected chi connectivity index (χ1v) is 10.3. The molecule has 1 fully saturated rings. The predicted octanol–water partition coefficient (Wildman–Crippen LogP) is 3.19. The van der Waals surface area contributed by atoms with Crippen LogP contribution in [-0.4, -0.2) is 41.9 Å². The smallest absolute Gasteiger partial charge is 0.303 e. The number of carbonyl (C=O) groups is 3. The lowest BCUT2D eigenvalue weighted by Crippen LogP contribution is -2.56. The number of nitrogens with one attached hydrogen (secondary N) is 1. The van der Waals surface area contributed by atoms with Gasteiger partial charge >= 0.3 is 5.97 Å². The van der Waals surface area contributed by atoms with Crippen molar-refractivity contribution in [2.24, 2.45) is 0 Å². The molecule has 1 amide bonds. The highest BCUT2D eigenvalue weighted by Crippen LogP contribution is 2.51. The zero-order valence-corrected chi connectivity index (χ0v) is 17.0. The molecule has 0 saturated carbocycles. The Morgan fingerprint density at radius 1 is 1.03 bits per heavy atom. The highest BCUT2D eigenvalue weighted by Gasteiger charge is 2.56. The molecule has 168 valence electrons. The van der Waals surface area contributed by atoms with Crippen LogP contribution in [-0.2, 0) is 15.0 Å². The van der Waals surface area contributed by atoms with Crippen molar-refractivity contribution in [2.45, 2.75) is 37.1 Å². The van der Waals surface area contributed by atoms with Gasteiger partial charge in [-0.25, -0.2) is 13.2 Å². The summed E-state index contributed by atoms with van der Waals surface area (Å²) in [5.41, 5.74) is -1.19. The summed E-state index contributed by atoms with van der Waals surface area (Å²) in [5.74, 6) is -5.51. The van der Waals surface area contributed by atoms with Crippen molar-refractivity contribution in [3.63, 3.8) is 0 Å². The first-order chi connectivity index (χ1) is 15.3. The number of carboxylic acid groups (broad SMARTS) is 1. The number of anilines is 1. The number of piperidine rings is 1. The van der Waals surface area contributed by atoms with Gasteiger partial charge in [0.2, 0.25) is 0 Å². The minimum absolute atomic E-state index is 0.203. The van der Waals surface area contributed by atoms with Gasteiger partial charge in [0.05, 0.1) is 6.42 Å². The number of carboxylic acids is 1. The summed E-state index contributed by atoms with van der Waals surface area (Å²) in [5, 5.41) is 12.2. The maximum absolute atomic E-state index is 14.5. The van der Waals surface area contributed by atoms with Crippen LogP contribution in [0.4, 0.5) is 18.9 Å². The standard InChI is InChI=1S/C23H21F3N2O4/c24-13-4-5-17-14(12-13)23(8-10-27-11-9-23)21(18(29)6-7-19(30)31)28(17)22(32)20-15(25)2-1-3-16(20)26/h1-5,12,21,27H,6-11H2,(H,30,31)/t21-/m0/s1. The molecular formula is C23H21F3N2O4. The van der Waals surface area contributed by atoms with Gasteiger partial charge in [0.25, 0.3) is 5.91 Å². The fourth-order valence-electron chi connectivity index (χ4n) is 4.93. The third kappa shape index (κ3) is 3.56. The molecule has 6 nitrogen and oxygen atoms in total. The van der Waals surface area contributed by atoms with Gasteiger partial charge in [-0.15, -0.1) is 0 Å². The van der Waals surface area contributed by atoms with Gasteiger partial charge in [0.1, 0.15) is 29.1 Å². The quantitative estimate of drug-likeness (QED) is 0.737. The number of amides is 1. The third-order valence-corrected chi connectivity index (χ3v) is 6.32. The number of benzene rings is 2. The molecule has 2 aromatic carbocycles. The highest BCUT2D eigenvalue weighted by molar-refractivity contribution is 6.13. The molecule has 1 spiro atoms. The van der Waals surface area contributed by atoms with E-state index in [1.807, 2.05) is 0 Å². The molecule has 9 heteroatoms. The van der Waals surface area contributed by atoms with Crippen molar-refractivity contribution < 1.29 is 32.7 Å². The van der Waals surface area contributed by atoms with E-state index in [2.05, 4.69) is 5.32 Å². The van der Waals surface area contributed by atoms with Crippen LogP contribution < -0.4 is 10.2 Å². The molecule has 2 aliphatic heterocycles. The monoisotopic (exact) mass is 446 g/mol. The average Bonchev–Trinajstić information content (AvgIpc) is 3.01. The molecule has 2 aromatic rings. The van der Waals surface area contributed by atoms with Crippen LogP contribution in [0.15, 0.2) is 36.4 Å². The van der Waals surface area contributed by atoms with Gasteiger partial charge in [-0.2, -0.15) is 0 Å². The number of Topliss-reactive ketones (excluding diaryl/α,β-unsaturated/α-hetero) is 1. The van der Waals surface area contributed by atoms with Crippen molar-refractivity contribution in [1.29, 1.82) is 0 Å². The van der Waals surface area contributed by atoms with Crippen LogP contribution in [0.5, 0.6) is 0 Å². The lowest BCUT2D eigenvalue weighted by molar-refractivity contribution is -0.138. The molecule has 0 bridgehead atoms. The zero-order valence-electron chi connectivity index (χ0n) is 17.0. The lowest BCUT2D eigenvalue weighted by atomic mass is 9.68. The van der Waals surface area contributed by atoms with Crippen molar-refractivity contribution in [3.8, 4) is 0 Å². The Morgan fingerprint density at radius 2 is 1.69 bits per heavy atom. The van der Waals surface area contributed by atoms with E-state index in [1.54, 1.807) is 0 Å². The van der Waals surface area contributed by atoms with Crippen molar-refractivity contribution >= 4 is 23.3 Å². The van der Waals surface area contributed by atoms with Crippen molar-refractivity contribution in [2.75, 3.05) is 18.0 Å². The minimum Gasteiger partial charge on any atom is -0.481 e. The maximum Gasteiger partial charge on any atom is 0.303 e. The molecule has 0 radical (unpaired) electrons. The Bertz CT molecular complexity index is 1080. The van der Waals surface area contributed by atoms with Gasteiger partial charge in [-0.1, -0.05) is 6.07 Å². The van der Waals surface area contributed by atoms with Gasteiger partial charge in [0.15, 0.2) is 5.78 Å². The summed E-state index contributed by atoms with van der Waals surface area (Å²) < 4.78 is 43.2. The minimum atomic E-state index is -1.20. The normalized spacial score (nSPS) is 19.1. The van der Waals surface area contributed by atoms with Gasteiger partial charge in [0, 0.05) is 17.5 Å². The molecule has 32 heavy (non-hydrogen) atoms. The summed E-state index contributed by atoms with van der Waals surface area (Å²) in [6.45, 7) is 0.962. The van der Waals surface area contributed by atoms with E-state index in [4.69, 9.17) is 5.11 Å². The van der Waals surface area contributed by atoms with E-state index in [0.717, 1.165) is 29.2 Å². The first-order valence-electron chi connectivity index (χ1n) is 10.3. The highest BCUT2D eigenvalue weighted by atomic mass is 19.1. The van der Waals surface area contributed by atoms with E-state index >= 15 is 0 Å². The fourth-order valence-corrected chi connectivity index (χ4v) is 4.93. The number of hydrogen-bond donors (Lipinski definition) is 2. The SMILES string of the molecule is O=C(O)CCC(=O)[C@@H]1N(C(=O)c2c(F)cccc2F)c2ccc(F)cc2C12CCNCC2. The number of fused-ring (bicyclic) bond motifs is 2. The molecule has 0 unspecified atom stereocenters. The number of hydrogen-bond acceptors (Lipinski definition) is 4. The lowest BCUT2D eigenvalue weighted by Gasteiger charge is -2.40. The maximum atomic E-state index is 14.5. The second kappa shape index (κ2) is 8.38. The molecule has 1 saturated heterocycles. The first kappa shape index (κ1) is 22.0. The summed E-state index contributed by atoms with van der Waals surface area (Å²) >= 11 is 0. The molecule has 2 N–H and O–H groups in total. The van der Waals surface area contributed by atoms with Crippen LogP contribution in [0.25, 0.3) is 0 Å². The molecule has 0 aliphatic carbocycles. The number of aliphatic carboxylic acids is 1. The molecule has 1 atom stereocenters. The van der Waals surface area contributed by atoms with Crippen LogP contribution in [0.3, 0.4) is 0 Å². The second-order valence-corrected chi connectivity index (χ2v) is 8.10. The van der Waals surface area contributed by atoms with E-state index in [-0.39, 0.29) is 12.1 Å². The predicted molar refractivity (Wildman–Crippen MR) is 109 cm³/mol. The zero-order chi connectivity index (χ0) is 23.0. The average molecular weight is 446 g/mol. The third-order valence-electron chi connectivity index (χ3n) is 6.32. The summed E-state index contributed by atoms with van der Waals surface area (Å²) in [6, 6.07) is 5.51. The molecule has 2 aliphatic rings. The molecule has 4 rings (SSSR count). The molecule has 0 aromatic heterocycles.